The molecular formula is C19H22FN3O2. The molecule has 0 aliphatic carbocycles. The Hall–Kier alpha value is -2.47. The van der Waals surface area contributed by atoms with Gasteiger partial charge in [-0.15, -0.1) is 0 Å². The second kappa shape index (κ2) is 8.07. The molecule has 6 heteroatoms. The number of carbonyl (C=O) groups is 1. The fourth-order valence-corrected chi connectivity index (χ4v) is 2.99. The van der Waals surface area contributed by atoms with E-state index < -0.39 is 0 Å². The van der Waals surface area contributed by atoms with Gasteiger partial charge in [0.1, 0.15) is 5.82 Å². The summed E-state index contributed by atoms with van der Waals surface area (Å²) in [6, 6.07) is 9.29. The maximum absolute atomic E-state index is 13.3. The van der Waals surface area contributed by atoms with Gasteiger partial charge in [-0.1, -0.05) is 18.2 Å². The van der Waals surface area contributed by atoms with Crippen LogP contribution in [0.25, 0.3) is 0 Å². The van der Waals surface area contributed by atoms with E-state index in [0.29, 0.717) is 19.1 Å². The Morgan fingerprint density at radius 1 is 1.36 bits per heavy atom. The lowest BCUT2D eigenvalue weighted by molar-refractivity contribution is 0.171. The monoisotopic (exact) mass is 343 g/mol. The van der Waals surface area contributed by atoms with Gasteiger partial charge in [-0.3, -0.25) is 4.98 Å². The molecule has 2 aromatic rings. The van der Waals surface area contributed by atoms with Crippen LogP contribution < -0.4 is 5.32 Å². The Kier molecular flexibility index (Phi) is 5.60. The molecule has 1 N–H and O–H groups in total. The largest absolute Gasteiger partial charge is 0.381 e. The maximum Gasteiger partial charge on any atom is 0.317 e. The molecule has 132 valence electrons. The zero-order valence-corrected chi connectivity index (χ0v) is 14.2. The number of nitrogens with one attached hydrogen (secondary N) is 1. The van der Waals surface area contributed by atoms with Crippen LogP contribution in [-0.2, 0) is 4.74 Å². The number of hydrogen-bond acceptors (Lipinski definition) is 3. The Morgan fingerprint density at radius 2 is 2.16 bits per heavy atom. The number of rotatable bonds is 5. The number of ether oxygens (including phenoxy) is 1. The molecule has 1 aromatic heterocycles. The van der Waals surface area contributed by atoms with E-state index in [2.05, 4.69) is 10.3 Å². The van der Waals surface area contributed by atoms with E-state index in [0.717, 1.165) is 24.2 Å². The van der Waals surface area contributed by atoms with E-state index in [-0.39, 0.29) is 17.9 Å². The highest BCUT2D eigenvalue weighted by Crippen LogP contribution is 2.22. The molecule has 1 saturated heterocycles. The van der Waals surface area contributed by atoms with Gasteiger partial charge in [0.25, 0.3) is 0 Å². The summed E-state index contributed by atoms with van der Waals surface area (Å²) in [5.41, 5.74) is 1.65. The summed E-state index contributed by atoms with van der Waals surface area (Å²) in [6.45, 7) is 2.10. The molecule has 2 heterocycles. The fourth-order valence-electron chi connectivity index (χ4n) is 2.99. The summed E-state index contributed by atoms with van der Waals surface area (Å²) >= 11 is 0. The standard InChI is InChI=1S/C19H22FN3O2/c1-23(12-14-8-10-25-13-14)19(24)22-18(16-3-2-9-21-11-16)15-4-6-17(20)7-5-15/h2-7,9,11,14,18H,8,10,12-13H2,1H3,(H,22,24)/t14-,18+/m1/s1. The SMILES string of the molecule is CN(C[C@H]1CCOC1)C(=O)N[C@@H](c1ccc(F)cc1)c1cccnc1. The average Bonchev–Trinajstić information content (AvgIpc) is 3.14. The summed E-state index contributed by atoms with van der Waals surface area (Å²) in [7, 11) is 1.78. The van der Waals surface area contributed by atoms with Crippen LogP contribution in [0.3, 0.4) is 0 Å². The molecule has 2 atom stereocenters. The van der Waals surface area contributed by atoms with E-state index >= 15 is 0 Å². The van der Waals surface area contributed by atoms with Crippen LogP contribution in [0.15, 0.2) is 48.8 Å². The van der Waals surface area contributed by atoms with Crippen LogP contribution in [0.5, 0.6) is 0 Å². The number of nitrogens with zero attached hydrogens (tertiary/aromatic N) is 2. The van der Waals surface area contributed by atoms with Crippen molar-refractivity contribution in [3.63, 3.8) is 0 Å². The second-order valence-electron chi connectivity index (χ2n) is 6.33. The number of amides is 2. The van der Waals surface area contributed by atoms with Crippen molar-refractivity contribution in [1.29, 1.82) is 0 Å². The van der Waals surface area contributed by atoms with Crippen LogP contribution in [0.1, 0.15) is 23.6 Å². The topological polar surface area (TPSA) is 54.5 Å². The lowest BCUT2D eigenvalue weighted by Gasteiger charge is -2.25. The fraction of sp³-hybridized carbons (Fsp3) is 0.368. The van der Waals surface area contributed by atoms with Gasteiger partial charge in [-0.25, -0.2) is 9.18 Å². The van der Waals surface area contributed by atoms with Crippen LogP contribution in [0, 0.1) is 11.7 Å². The molecule has 1 aromatic carbocycles. The zero-order chi connectivity index (χ0) is 17.6. The summed E-state index contributed by atoms with van der Waals surface area (Å²) < 4.78 is 18.6. The van der Waals surface area contributed by atoms with Crippen molar-refractivity contribution in [3.8, 4) is 0 Å². The molecule has 1 aliphatic rings. The lowest BCUT2D eigenvalue weighted by atomic mass is 10.0. The molecule has 1 aliphatic heterocycles. The zero-order valence-electron chi connectivity index (χ0n) is 14.2. The van der Waals surface area contributed by atoms with E-state index in [1.165, 1.54) is 12.1 Å². The third-order valence-electron chi connectivity index (χ3n) is 4.39. The van der Waals surface area contributed by atoms with Crippen molar-refractivity contribution in [2.45, 2.75) is 12.5 Å². The predicted octanol–water partition coefficient (Wildman–Crippen LogP) is 2.99. The number of aromatic nitrogens is 1. The van der Waals surface area contributed by atoms with E-state index in [1.807, 2.05) is 12.1 Å². The lowest BCUT2D eigenvalue weighted by Crippen LogP contribution is -2.42. The van der Waals surface area contributed by atoms with E-state index in [1.54, 1.807) is 36.5 Å². The van der Waals surface area contributed by atoms with Gasteiger partial charge in [0.05, 0.1) is 12.6 Å². The molecule has 0 unspecified atom stereocenters. The minimum absolute atomic E-state index is 0.176. The van der Waals surface area contributed by atoms with Crippen molar-refractivity contribution in [2.24, 2.45) is 5.92 Å². The van der Waals surface area contributed by atoms with E-state index in [4.69, 9.17) is 4.74 Å². The molecule has 3 rings (SSSR count). The predicted molar refractivity (Wildman–Crippen MR) is 92.6 cm³/mol. The number of hydrogen-bond donors (Lipinski definition) is 1. The van der Waals surface area contributed by atoms with Crippen LogP contribution in [-0.4, -0.2) is 42.7 Å². The molecular weight excluding hydrogens is 321 g/mol. The molecule has 5 nitrogen and oxygen atoms in total. The van der Waals surface area contributed by atoms with Gasteiger partial charge in [0.15, 0.2) is 0 Å². The number of halogens is 1. The van der Waals surface area contributed by atoms with Gasteiger partial charge in [0, 0.05) is 38.5 Å². The van der Waals surface area contributed by atoms with Gasteiger partial charge in [-0.05, 0) is 35.7 Å². The van der Waals surface area contributed by atoms with Gasteiger partial charge in [-0.2, -0.15) is 0 Å². The smallest absolute Gasteiger partial charge is 0.317 e. The first-order chi connectivity index (χ1) is 12.1. The summed E-state index contributed by atoms with van der Waals surface area (Å²) in [5.74, 6) is 0.0665. The number of pyridine rings is 1. The normalized spacial score (nSPS) is 17.9. The molecule has 0 radical (unpaired) electrons. The van der Waals surface area contributed by atoms with Crippen molar-refractivity contribution in [1.82, 2.24) is 15.2 Å². The summed E-state index contributed by atoms with van der Waals surface area (Å²) in [4.78, 5) is 18.4. The van der Waals surface area contributed by atoms with E-state index in [9.17, 15) is 9.18 Å². The Bertz CT molecular complexity index is 688. The highest BCUT2D eigenvalue weighted by molar-refractivity contribution is 5.75. The summed E-state index contributed by atoms with van der Waals surface area (Å²) in [5, 5.41) is 3.03. The number of carbonyl (C=O) groups excluding carboxylic acids is 1. The Labute approximate surface area is 146 Å². The number of benzene rings is 1. The van der Waals surface area contributed by atoms with Gasteiger partial charge < -0.3 is 15.0 Å². The first-order valence-corrected chi connectivity index (χ1v) is 8.38. The van der Waals surface area contributed by atoms with Gasteiger partial charge in [0.2, 0.25) is 0 Å². The number of urea groups is 1. The minimum atomic E-state index is -0.385. The first-order valence-electron chi connectivity index (χ1n) is 8.38. The average molecular weight is 343 g/mol. The Balaban J connectivity index is 1.75. The van der Waals surface area contributed by atoms with Crippen molar-refractivity contribution in [2.75, 3.05) is 26.8 Å². The highest BCUT2D eigenvalue weighted by Gasteiger charge is 2.23. The molecule has 1 fully saturated rings. The molecule has 2 amide bonds. The third kappa shape index (κ3) is 4.54. The summed E-state index contributed by atoms with van der Waals surface area (Å²) in [6.07, 6.45) is 4.36. The second-order valence-corrected chi connectivity index (χ2v) is 6.33. The van der Waals surface area contributed by atoms with Gasteiger partial charge >= 0.3 is 6.03 Å². The first kappa shape index (κ1) is 17.4. The third-order valence-corrected chi connectivity index (χ3v) is 4.39. The van der Waals surface area contributed by atoms with Crippen LogP contribution in [0.4, 0.5) is 9.18 Å². The van der Waals surface area contributed by atoms with Crippen LogP contribution >= 0.6 is 0 Å². The quantitative estimate of drug-likeness (QED) is 0.908. The molecule has 0 bridgehead atoms. The van der Waals surface area contributed by atoms with Crippen molar-refractivity contribution in [3.05, 3.63) is 65.7 Å². The van der Waals surface area contributed by atoms with Crippen molar-refractivity contribution < 1.29 is 13.9 Å². The van der Waals surface area contributed by atoms with Crippen LogP contribution in [0.2, 0.25) is 0 Å². The molecule has 25 heavy (non-hydrogen) atoms. The maximum atomic E-state index is 13.3. The minimum Gasteiger partial charge on any atom is -0.381 e. The Morgan fingerprint density at radius 3 is 2.80 bits per heavy atom. The molecule has 0 spiro atoms. The highest BCUT2D eigenvalue weighted by atomic mass is 19.1. The van der Waals surface area contributed by atoms with Crippen molar-refractivity contribution >= 4 is 6.03 Å². The molecule has 0 saturated carbocycles.